The molecule has 0 aliphatic heterocycles. The van der Waals surface area contributed by atoms with E-state index in [2.05, 4.69) is 24.9 Å². The lowest BCUT2D eigenvalue weighted by molar-refractivity contribution is -0.124. The first kappa shape index (κ1) is 10.4. The summed E-state index contributed by atoms with van der Waals surface area (Å²) in [4.78, 5) is 21.1. The Kier molecular flexibility index (Phi) is 4.89. The number of Topliss-reactive ketones (excluding diaryl/α,β-unsaturated/α-hetero) is 1. The summed E-state index contributed by atoms with van der Waals surface area (Å²) >= 11 is 3.81. The van der Waals surface area contributed by atoms with Gasteiger partial charge in [0.2, 0.25) is 5.91 Å². The second-order valence-electron chi connectivity index (χ2n) is 2.05. The number of thiol groups is 1. The zero-order valence-corrected chi connectivity index (χ0v) is 6.93. The predicted octanol–water partition coefficient (Wildman–Crippen LogP) is -1.24. The standard InChI is InChI=1S/C6H11N2O2S/c1-4(9)2-8-6(10)5(7)3-11/h5,11H,1-3,7H2,(H,8,10)/t5-/m0/s1. The highest BCUT2D eigenvalue weighted by Crippen LogP contribution is 1.82. The molecule has 0 fully saturated rings. The van der Waals surface area contributed by atoms with Crippen molar-refractivity contribution in [2.24, 2.45) is 5.73 Å². The Morgan fingerprint density at radius 2 is 2.18 bits per heavy atom. The molecule has 0 heterocycles. The summed E-state index contributed by atoms with van der Waals surface area (Å²) in [5.74, 6) is -0.460. The van der Waals surface area contributed by atoms with Gasteiger partial charge in [0.05, 0.1) is 12.6 Å². The Morgan fingerprint density at radius 1 is 1.64 bits per heavy atom. The highest BCUT2D eigenvalue weighted by atomic mass is 32.1. The van der Waals surface area contributed by atoms with Crippen LogP contribution in [0.2, 0.25) is 0 Å². The maximum Gasteiger partial charge on any atom is 0.238 e. The molecule has 1 radical (unpaired) electrons. The number of ketones is 1. The summed E-state index contributed by atoms with van der Waals surface area (Å²) in [5, 5.41) is 2.31. The third kappa shape index (κ3) is 4.80. The lowest BCUT2D eigenvalue weighted by Gasteiger charge is -2.07. The summed E-state index contributed by atoms with van der Waals surface area (Å²) in [6.45, 7) is 3.01. The van der Waals surface area contributed by atoms with Crippen molar-refractivity contribution in [3.63, 3.8) is 0 Å². The van der Waals surface area contributed by atoms with Gasteiger partial charge in [-0.2, -0.15) is 12.6 Å². The molecular weight excluding hydrogens is 164 g/mol. The van der Waals surface area contributed by atoms with Gasteiger partial charge in [-0.05, 0) is 0 Å². The molecule has 0 spiro atoms. The molecule has 5 heteroatoms. The van der Waals surface area contributed by atoms with Gasteiger partial charge in [-0.1, -0.05) is 0 Å². The van der Waals surface area contributed by atoms with Crippen molar-refractivity contribution in [3.8, 4) is 0 Å². The van der Waals surface area contributed by atoms with E-state index in [1.54, 1.807) is 0 Å². The van der Waals surface area contributed by atoms with E-state index in [1.807, 2.05) is 0 Å². The summed E-state index contributed by atoms with van der Waals surface area (Å²) < 4.78 is 0. The summed E-state index contributed by atoms with van der Waals surface area (Å²) in [6.07, 6.45) is 0. The third-order valence-corrected chi connectivity index (χ3v) is 1.39. The van der Waals surface area contributed by atoms with Crippen molar-refractivity contribution in [3.05, 3.63) is 6.92 Å². The molecule has 0 aliphatic carbocycles. The van der Waals surface area contributed by atoms with Gasteiger partial charge in [0.25, 0.3) is 0 Å². The lowest BCUT2D eigenvalue weighted by atomic mass is 10.3. The number of hydrogen-bond acceptors (Lipinski definition) is 4. The number of carbonyl (C=O) groups is 2. The summed E-state index contributed by atoms with van der Waals surface area (Å²) in [6, 6.07) is -0.655. The van der Waals surface area contributed by atoms with Crippen LogP contribution >= 0.6 is 12.6 Å². The van der Waals surface area contributed by atoms with Crippen LogP contribution in [-0.4, -0.2) is 30.0 Å². The third-order valence-electron chi connectivity index (χ3n) is 0.993. The van der Waals surface area contributed by atoms with E-state index in [1.165, 1.54) is 0 Å². The summed E-state index contributed by atoms with van der Waals surface area (Å²) in [5.41, 5.74) is 5.28. The molecule has 11 heavy (non-hydrogen) atoms. The minimum Gasteiger partial charge on any atom is -0.348 e. The predicted molar refractivity (Wildman–Crippen MR) is 45.2 cm³/mol. The molecule has 0 aromatic rings. The average molecular weight is 175 g/mol. The topological polar surface area (TPSA) is 72.2 Å². The van der Waals surface area contributed by atoms with Gasteiger partial charge >= 0.3 is 0 Å². The monoisotopic (exact) mass is 175 g/mol. The van der Waals surface area contributed by atoms with Crippen LogP contribution in [0.1, 0.15) is 0 Å². The molecule has 0 bridgehead atoms. The van der Waals surface area contributed by atoms with Gasteiger partial charge in [-0.25, -0.2) is 0 Å². The molecule has 0 unspecified atom stereocenters. The van der Waals surface area contributed by atoms with Crippen LogP contribution in [-0.2, 0) is 9.59 Å². The fraction of sp³-hybridized carbons (Fsp3) is 0.500. The Morgan fingerprint density at radius 3 is 2.55 bits per heavy atom. The van der Waals surface area contributed by atoms with Crippen molar-refractivity contribution in [1.29, 1.82) is 0 Å². The van der Waals surface area contributed by atoms with Crippen molar-refractivity contribution in [2.75, 3.05) is 12.3 Å². The Balaban J connectivity index is 3.60. The first-order chi connectivity index (χ1) is 5.07. The minimum atomic E-state index is -0.655. The molecule has 0 aromatic heterocycles. The van der Waals surface area contributed by atoms with Crippen LogP contribution in [0.15, 0.2) is 0 Å². The van der Waals surface area contributed by atoms with E-state index in [4.69, 9.17) is 5.73 Å². The van der Waals surface area contributed by atoms with Crippen LogP contribution in [0.25, 0.3) is 0 Å². The number of rotatable bonds is 4. The van der Waals surface area contributed by atoms with Gasteiger partial charge in [-0.15, -0.1) is 0 Å². The zero-order valence-electron chi connectivity index (χ0n) is 6.04. The van der Waals surface area contributed by atoms with Crippen molar-refractivity contribution < 1.29 is 9.59 Å². The van der Waals surface area contributed by atoms with E-state index in [-0.39, 0.29) is 24.0 Å². The van der Waals surface area contributed by atoms with E-state index in [9.17, 15) is 9.59 Å². The first-order valence-corrected chi connectivity index (χ1v) is 3.70. The average Bonchev–Trinajstić information content (AvgIpc) is 1.98. The smallest absolute Gasteiger partial charge is 0.238 e. The SMILES string of the molecule is [CH2]C(=O)CNC(=O)[C@@H](N)CS. The van der Waals surface area contributed by atoms with Crippen LogP contribution < -0.4 is 11.1 Å². The van der Waals surface area contributed by atoms with Gasteiger partial charge in [0, 0.05) is 12.7 Å². The molecule has 0 rings (SSSR count). The molecular formula is C6H11N2O2S. The van der Waals surface area contributed by atoms with E-state index >= 15 is 0 Å². The number of amides is 1. The fourth-order valence-electron chi connectivity index (χ4n) is 0.400. The number of nitrogens with two attached hydrogens (primary N) is 1. The number of carbonyl (C=O) groups excluding carboxylic acids is 2. The van der Waals surface area contributed by atoms with Crippen LogP contribution in [0.3, 0.4) is 0 Å². The zero-order chi connectivity index (χ0) is 8.85. The van der Waals surface area contributed by atoms with Crippen molar-refractivity contribution >= 4 is 24.3 Å². The van der Waals surface area contributed by atoms with Crippen LogP contribution in [0, 0.1) is 6.92 Å². The Bertz CT molecular complexity index is 161. The molecule has 4 nitrogen and oxygen atoms in total. The van der Waals surface area contributed by atoms with Gasteiger partial charge in [0.15, 0.2) is 5.78 Å². The highest BCUT2D eigenvalue weighted by molar-refractivity contribution is 7.80. The van der Waals surface area contributed by atoms with Gasteiger partial charge in [-0.3, -0.25) is 9.59 Å². The molecule has 0 saturated heterocycles. The van der Waals surface area contributed by atoms with Gasteiger partial charge in [0.1, 0.15) is 0 Å². The van der Waals surface area contributed by atoms with E-state index in [0.717, 1.165) is 0 Å². The second-order valence-corrected chi connectivity index (χ2v) is 2.41. The lowest BCUT2D eigenvalue weighted by Crippen LogP contribution is -2.43. The molecule has 0 saturated carbocycles. The quantitative estimate of drug-likeness (QED) is 0.468. The largest absolute Gasteiger partial charge is 0.348 e. The highest BCUT2D eigenvalue weighted by Gasteiger charge is 2.10. The molecule has 1 amide bonds. The molecule has 1 atom stereocenters. The van der Waals surface area contributed by atoms with Crippen molar-refractivity contribution in [2.45, 2.75) is 6.04 Å². The van der Waals surface area contributed by atoms with E-state index in [0.29, 0.717) is 0 Å². The van der Waals surface area contributed by atoms with Crippen LogP contribution in [0.5, 0.6) is 0 Å². The number of hydrogen-bond donors (Lipinski definition) is 3. The molecule has 3 N–H and O–H groups in total. The first-order valence-electron chi connectivity index (χ1n) is 3.07. The Labute approximate surface area is 70.9 Å². The summed E-state index contributed by atoms with van der Waals surface area (Å²) in [7, 11) is 0. The van der Waals surface area contributed by atoms with Crippen molar-refractivity contribution in [1.82, 2.24) is 5.32 Å². The molecule has 0 aromatic carbocycles. The maximum absolute atomic E-state index is 10.8. The second kappa shape index (κ2) is 5.15. The fourth-order valence-corrected chi connectivity index (χ4v) is 0.566. The maximum atomic E-state index is 10.8. The van der Waals surface area contributed by atoms with Gasteiger partial charge < -0.3 is 11.1 Å². The van der Waals surface area contributed by atoms with E-state index < -0.39 is 6.04 Å². The number of nitrogens with one attached hydrogen (secondary N) is 1. The molecule has 63 valence electrons. The normalized spacial score (nSPS) is 12.3. The van der Waals surface area contributed by atoms with Crippen LogP contribution in [0.4, 0.5) is 0 Å². The minimum absolute atomic E-state index is 0.0691. The molecule has 0 aliphatic rings. The Hall–Kier alpha value is -0.550.